The van der Waals surface area contributed by atoms with Crippen molar-refractivity contribution in [2.24, 2.45) is 5.92 Å². The first kappa shape index (κ1) is 16.0. The standard InChI is InChI=1S/C18H22N2O2S/c1-22-10-8-15-12-19-9-2-4-16(19)14-20(13-15)18(21)7-6-17-5-3-11-23-17/h2-7,9,11,15H,8,10,12-14H2,1H3/b7-6+. The molecular weight excluding hydrogens is 308 g/mol. The van der Waals surface area contributed by atoms with E-state index in [1.54, 1.807) is 24.5 Å². The van der Waals surface area contributed by atoms with Crippen LogP contribution in [0, 0.1) is 5.92 Å². The summed E-state index contributed by atoms with van der Waals surface area (Å²) in [7, 11) is 1.73. The lowest BCUT2D eigenvalue weighted by molar-refractivity contribution is -0.127. The number of amides is 1. The first-order chi connectivity index (χ1) is 11.3. The van der Waals surface area contributed by atoms with E-state index in [-0.39, 0.29) is 5.91 Å². The molecule has 1 atom stereocenters. The monoisotopic (exact) mass is 330 g/mol. The maximum absolute atomic E-state index is 12.6. The third-order valence-electron chi connectivity index (χ3n) is 4.19. The van der Waals surface area contributed by atoms with Crippen molar-refractivity contribution in [2.75, 3.05) is 20.3 Å². The minimum atomic E-state index is 0.0791. The molecular formula is C18H22N2O2S. The minimum Gasteiger partial charge on any atom is -0.385 e. The molecule has 2 aromatic heterocycles. The molecule has 1 aliphatic rings. The van der Waals surface area contributed by atoms with Gasteiger partial charge in [-0.15, -0.1) is 11.3 Å². The molecule has 122 valence electrons. The second kappa shape index (κ2) is 7.62. The number of hydrogen-bond donors (Lipinski definition) is 0. The molecule has 3 rings (SSSR count). The first-order valence-electron chi connectivity index (χ1n) is 7.89. The van der Waals surface area contributed by atoms with E-state index in [9.17, 15) is 4.79 Å². The average Bonchev–Trinajstić information content (AvgIpc) is 3.19. The van der Waals surface area contributed by atoms with Gasteiger partial charge in [0.15, 0.2) is 0 Å². The molecule has 0 saturated heterocycles. The average molecular weight is 330 g/mol. The third-order valence-corrected chi connectivity index (χ3v) is 5.02. The van der Waals surface area contributed by atoms with Crippen LogP contribution in [0.25, 0.3) is 6.08 Å². The predicted octanol–water partition coefficient (Wildman–Crippen LogP) is 3.26. The molecule has 0 aromatic carbocycles. The Morgan fingerprint density at radius 2 is 2.30 bits per heavy atom. The highest BCUT2D eigenvalue weighted by Crippen LogP contribution is 2.20. The van der Waals surface area contributed by atoms with Gasteiger partial charge in [0.1, 0.15) is 0 Å². The highest BCUT2D eigenvalue weighted by Gasteiger charge is 2.23. The van der Waals surface area contributed by atoms with Crippen molar-refractivity contribution in [3.63, 3.8) is 0 Å². The Bertz CT molecular complexity index is 660. The zero-order valence-corrected chi connectivity index (χ0v) is 14.2. The lowest BCUT2D eigenvalue weighted by Crippen LogP contribution is -2.33. The van der Waals surface area contributed by atoms with E-state index in [0.717, 1.165) is 31.0 Å². The molecule has 4 nitrogen and oxygen atoms in total. The van der Waals surface area contributed by atoms with Crippen LogP contribution in [-0.2, 0) is 22.6 Å². The molecule has 0 aliphatic carbocycles. The number of methoxy groups -OCH3 is 1. The van der Waals surface area contributed by atoms with E-state index in [0.29, 0.717) is 12.5 Å². The van der Waals surface area contributed by atoms with Gasteiger partial charge in [0.2, 0.25) is 5.91 Å². The van der Waals surface area contributed by atoms with Crippen LogP contribution in [0.15, 0.2) is 41.9 Å². The number of ether oxygens (including phenoxy) is 1. The van der Waals surface area contributed by atoms with Gasteiger partial charge in [-0.05, 0) is 42.0 Å². The fraction of sp³-hybridized carbons (Fsp3) is 0.389. The van der Waals surface area contributed by atoms with Crippen LogP contribution in [0.2, 0.25) is 0 Å². The molecule has 1 unspecified atom stereocenters. The molecule has 0 radical (unpaired) electrons. The van der Waals surface area contributed by atoms with E-state index in [2.05, 4.69) is 22.9 Å². The smallest absolute Gasteiger partial charge is 0.246 e. The topological polar surface area (TPSA) is 34.5 Å². The Kier molecular flexibility index (Phi) is 5.31. The maximum Gasteiger partial charge on any atom is 0.246 e. The molecule has 2 aromatic rings. The van der Waals surface area contributed by atoms with Gasteiger partial charge in [0.05, 0.1) is 6.54 Å². The zero-order valence-electron chi connectivity index (χ0n) is 13.4. The van der Waals surface area contributed by atoms with Gasteiger partial charge in [-0.25, -0.2) is 0 Å². The largest absolute Gasteiger partial charge is 0.385 e. The van der Waals surface area contributed by atoms with Crippen LogP contribution in [0.3, 0.4) is 0 Å². The van der Waals surface area contributed by atoms with Crippen molar-refractivity contribution in [3.8, 4) is 0 Å². The van der Waals surface area contributed by atoms with Crippen LogP contribution in [-0.4, -0.2) is 35.6 Å². The van der Waals surface area contributed by atoms with E-state index >= 15 is 0 Å². The molecule has 1 amide bonds. The van der Waals surface area contributed by atoms with Crippen molar-refractivity contribution in [1.29, 1.82) is 0 Å². The quantitative estimate of drug-likeness (QED) is 0.789. The second-order valence-electron chi connectivity index (χ2n) is 5.87. The predicted molar refractivity (Wildman–Crippen MR) is 93.2 cm³/mol. The summed E-state index contributed by atoms with van der Waals surface area (Å²) in [4.78, 5) is 15.7. The Labute approximate surface area is 141 Å². The normalized spacial score (nSPS) is 18.1. The molecule has 23 heavy (non-hydrogen) atoms. The van der Waals surface area contributed by atoms with Gasteiger partial charge in [0, 0.05) is 49.7 Å². The number of carbonyl (C=O) groups excluding carboxylic acids is 1. The van der Waals surface area contributed by atoms with Crippen molar-refractivity contribution in [1.82, 2.24) is 9.47 Å². The van der Waals surface area contributed by atoms with Gasteiger partial charge in [0.25, 0.3) is 0 Å². The van der Waals surface area contributed by atoms with Crippen LogP contribution in [0.1, 0.15) is 17.0 Å². The zero-order chi connectivity index (χ0) is 16.1. The summed E-state index contributed by atoms with van der Waals surface area (Å²) in [5.74, 6) is 0.498. The van der Waals surface area contributed by atoms with E-state index in [1.807, 2.05) is 28.5 Å². The fourth-order valence-electron chi connectivity index (χ4n) is 2.96. The van der Waals surface area contributed by atoms with Crippen LogP contribution < -0.4 is 0 Å². The highest BCUT2D eigenvalue weighted by molar-refractivity contribution is 7.10. The number of hydrogen-bond acceptors (Lipinski definition) is 3. The molecule has 5 heteroatoms. The van der Waals surface area contributed by atoms with E-state index in [1.165, 1.54) is 5.69 Å². The van der Waals surface area contributed by atoms with Crippen LogP contribution >= 0.6 is 11.3 Å². The number of carbonyl (C=O) groups is 1. The first-order valence-corrected chi connectivity index (χ1v) is 8.77. The molecule has 1 aliphatic heterocycles. The number of fused-ring (bicyclic) bond motifs is 1. The lowest BCUT2D eigenvalue weighted by atomic mass is 10.1. The summed E-state index contributed by atoms with van der Waals surface area (Å²) in [5.41, 5.74) is 1.20. The van der Waals surface area contributed by atoms with Crippen molar-refractivity contribution in [2.45, 2.75) is 19.5 Å². The number of nitrogens with zero attached hydrogens (tertiary/aromatic N) is 2. The van der Waals surface area contributed by atoms with Gasteiger partial charge in [-0.1, -0.05) is 6.07 Å². The Hall–Kier alpha value is -1.85. The summed E-state index contributed by atoms with van der Waals surface area (Å²) < 4.78 is 7.48. The molecule has 0 saturated carbocycles. The highest BCUT2D eigenvalue weighted by atomic mass is 32.1. The SMILES string of the molecule is COCCC1CN(C(=O)/C=C/c2cccs2)Cc2cccn2C1. The Morgan fingerprint density at radius 1 is 1.39 bits per heavy atom. The molecule has 0 fully saturated rings. The van der Waals surface area contributed by atoms with Gasteiger partial charge in [-0.2, -0.15) is 0 Å². The summed E-state index contributed by atoms with van der Waals surface area (Å²) in [6.07, 6.45) is 6.66. The van der Waals surface area contributed by atoms with E-state index < -0.39 is 0 Å². The fourth-order valence-corrected chi connectivity index (χ4v) is 3.58. The second-order valence-corrected chi connectivity index (χ2v) is 6.85. The summed E-state index contributed by atoms with van der Waals surface area (Å²) in [6, 6.07) is 8.16. The molecule has 3 heterocycles. The van der Waals surface area contributed by atoms with Crippen LogP contribution in [0.5, 0.6) is 0 Å². The van der Waals surface area contributed by atoms with Crippen molar-refractivity contribution in [3.05, 3.63) is 52.5 Å². The van der Waals surface area contributed by atoms with Crippen molar-refractivity contribution >= 4 is 23.3 Å². The van der Waals surface area contributed by atoms with E-state index in [4.69, 9.17) is 4.74 Å². The van der Waals surface area contributed by atoms with Crippen LogP contribution in [0.4, 0.5) is 0 Å². The molecule has 0 N–H and O–H groups in total. The van der Waals surface area contributed by atoms with Gasteiger partial charge < -0.3 is 14.2 Å². The summed E-state index contributed by atoms with van der Waals surface area (Å²) >= 11 is 1.64. The molecule has 0 spiro atoms. The lowest BCUT2D eigenvalue weighted by Gasteiger charge is -2.23. The summed E-state index contributed by atoms with van der Waals surface area (Å²) in [6.45, 7) is 3.13. The van der Waals surface area contributed by atoms with Crippen molar-refractivity contribution < 1.29 is 9.53 Å². The van der Waals surface area contributed by atoms with Gasteiger partial charge >= 0.3 is 0 Å². The third kappa shape index (κ3) is 4.12. The Balaban J connectivity index is 1.73. The minimum absolute atomic E-state index is 0.0791. The Morgan fingerprint density at radius 3 is 3.09 bits per heavy atom. The molecule has 0 bridgehead atoms. The summed E-state index contributed by atoms with van der Waals surface area (Å²) in [5, 5.41) is 2.02. The number of aromatic nitrogens is 1. The van der Waals surface area contributed by atoms with Gasteiger partial charge in [-0.3, -0.25) is 4.79 Å². The number of rotatable bonds is 5. The number of thiophene rings is 1. The maximum atomic E-state index is 12.6.